The molecule has 0 aliphatic heterocycles. The lowest BCUT2D eigenvalue weighted by Gasteiger charge is -2.21. The fourth-order valence-electron chi connectivity index (χ4n) is 12.9. The maximum atomic E-state index is 13.1. The first-order valence-electron chi connectivity index (χ1n) is 43.2. The molecule has 0 aliphatic rings. The van der Waals surface area contributed by atoms with E-state index in [1.54, 1.807) is 0 Å². The van der Waals surface area contributed by atoms with Crippen molar-refractivity contribution in [2.75, 3.05) is 39.6 Å². The number of aliphatic hydroxyl groups excluding tert-OH is 1. The molecule has 0 aromatic carbocycles. The van der Waals surface area contributed by atoms with Gasteiger partial charge in [-0.25, -0.2) is 9.13 Å². The molecule has 17 nitrogen and oxygen atoms in total. The van der Waals surface area contributed by atoms with Crippen LogP contribution >= 0.6 is 15.6 Å². The molecule has 0 aromatic heterocycles. The van der Waals surface area contributed by atoms with Crippen LogP contribution in [0.25, 0.3) is 0 Å². The summed E-state index contributed by atoms with van der Waals surface area (Å²) in [4.78, 5) is 73.1. The molecule has 0 heterocycles. The number of hydrogen-bond acceptors (Lipinski definition) is 15. The minimum Gasteiger partial charge on any atom is -0.462 e. The topological polar surface area (TPSA) is 237 Å². The molecule has 612 valence electrons. The van der Waals surface area contributed by atoms with E-state index in [2.05, 4.69) is 55.4 Å². The summed E-state index contributed by atoms with van der Waals surface area (Å²) in [5.41, 5.74) is 0. The SMILES string of the molecule is CCC(C)CCCCCCCCCCCCCCCCCCCCC(=O)O[C@H](COC(=O)CCCCCCCCCC(C)C)COP(=O)(O)OCC(O)COP(=O)(O)OC[C@@H](COC(=O)CCCCCCCCCCCCCCCCCC(C)C)OC(=O)CCCCCCCCCCCCC(C)C. The fourth-order valence-corrected chi connectivity index (χ4v) is 14.5. The van der Waals surface area contributed by atoms with Gasteiger partial charge in [-0.2, -0.15) is 0 Å². The van der Waals surface area contributed by atoms with E-state index in [1.165, 1.54) is 231 Å². The number of phosphoric ester groups is 2. The maximum absolute atomic E-state index is 13.1. The smallest absolute Gasteiger partial charge is 0.462 e. The molecule has 103 heavy (non-hydrogen) atoms. The number of ether oxygens (including phenoxy) is 4. The van der Waals surface area contributed by atoms with Crippen LogP contribution in [0.1, 0.15) is 434 Å². The van der Waals surface area contributed by atoms with E-state index in [-0.39, 0.29) is 25.7 Å². The molecule has 0 fully saturated rings. The van der Waals surface area contributed by atoms with Crippen LogP contribution in [0.3, 0.4) is 0 Å². The molecule has 3 N–H and O–H groups in total. The number of rotatable bonds is 81. The number of esters is 4. The molecule has 0 aromatic rings. The summed E-state index contributed by atoms with van der Waals surface area (Å²) in [5, 5.41) is 10.7. The summed E-state index contributed by atoms with van der Waals surface area (Å²) >= 11 is 0. The quantitative estimate of drug-likeness (QED) is 0.0222. The Bertz CT molecular complexity index is 2010. The van der Waals surface area contributed by atoms with Crippen molar-refractivity contribution in [3.05, 3.63) is 0 Å². The van der Waals surface area contributed by atoms with Crippen molar-refractivity contribution in [1.29, 1.82) is 0 Å². The van der Waals surface area contributed by atoms with Crippen molar-refractivity contribution >= 4 is 39.5 Å². The van der Waals surface area contributed by atoms with Crippen molar-refractivity contribution in [2.24, 2.45) is 23.7 Å². The molecule has 19 heteroatoms. The van der Waals surface area contributed by atoms with Crippen molar-refractivity contribution < 1.29 is 80.2 Å². The van der Waals surface area contributed by atoms with Crippen molar-refractivity contribution in [3.63, 3.8) is 0 Å². The van der Waals surface area contributed by atoms with E-state index >= 15 is 0 Å². The van der Waals surface area contributed by atoms with Gasteiger partial charge in [0.05, 0.1) is 26.4 Å². The second kappa shape index (κ2) is 72.9. The predicted molar refractivity (Wildman–Crippen MR) is 423 cm³/mol. The molecule has 0 saturated heterocycles. The third-order valence-corrected chi connectivity index (χ3v) is 21.8. The van der Waals surface area contributed by atoms with Crippen LogP contribution in [-0.4, -0.2) is 96.7 Å². The van der Waals surface area contributed by atoms with Crippen LogP contribution in [0.15, 0.2) is 0 Å². The zero-order chi connectivity index (χ0) is 76.0. The van der Waals surface area contributed by atoms with Gasteiger partial charge in [-0.1, -0.05) is 383 Å². The number of hydrogen-bond donors (Lipinski definition) is 3. The minimum absolute atomic E-state index is 0.106. The first-order valence-corrected chi connectivity index (χ1v) is 46.2. The fraction of sp³-hybridized carbons (Fsp3) is 0.952. The molecule has 0 aliphatic carbocycles. The molecular formula is C84H164O17P2. The lowest BCUT2D eigenvalue weighted by atomic mass is 9.99. The zero-order valence-electron chi connectivity index (χ0n) is 68.0. The monoisotopic (exact) mass is 1510 g/mol. The summed E-state index contributed by atoms with van der Waals surface area (Å²) in [6, 6.07) is 0. The van der Waals surface area contributed by atoms with Gasteiger partial charge in [0, 0.05) is 25.7 Å². The summed E-state index contributed by atoms with van der Waals surface area (Å²) in [5.74, 6) is 1.02. The lowest BCUT2D eigenvalue weighted by molar-refractivity contribution is -0.161. The Morgan fingerprint density at radius 2 is 0.466 bits per heavy atom. The van der Waals surface area contributed by atoms with E-state index in [4.69, 9.17) is 37.0 Å². The molecule has 0 saturated carbocycles. The van der Waals surface area contributed by atoms with Gasteiger partial charge in [-0.15, -0.1) is 0 Å². The highest BCUT2D eigenvalue weighted by Crippen LogP contribution is 2.45. The lowest BCUT2D eigenvalue weighted by Crippen LogP contribution is -2.30. The average Bonchev–Trinajstić information content (AvgIpc) is 0.916. The second-order valence-electron chi connectivity index (χ2n) is 31.9. The second-order valence-corrected chi connectivity index (χ2v) is 34.8. The van der Waals surface area contributed by atoms with Gasteiger partial charge in [0.2, 0.25) is 0 Å². The Labute approximate surface area is 632 Å². The normalized spacial score (nSPS) is 14.2. The Morgan fingerprint density at radius 1 is 0.272 bits per heavy atom. The molecule has 0 rings (SSSR count). The van der Waals surface area contributed by atoms with Crippen LogP contribution in [0.5, 0.6) is 0 Å². The van der Waals surface area contributed by atoms with Gasteiger partial charge in [0.1, 0.15) is 19.3 Å². The third kappa shape index (κ3) is 76.6. The standard InChI is InChI=1S/C84H164O17P2/c1-9-77(8)63-55-47-39-31-24-20-16-12-10-11-13-17-22-26-33-41-50-58-66-83(88)101-80(71-95-82(87)65-57-49-43-35-38-46-54-62-76(6)7)73-99-103(92,93)97-69-78(85)68-96-102(90,91)98-72-79(100-84(89)67-59-51-42-34-28-27-30-37-45-53-61-75(4)5)70-94-81(86)64-56-48-40-32-25-21-18-14-15-19-23-29-36-44-52-60-74(2)3/h74-80,85H,9-73H2,1-8H3,(H,90,91)(H,92,93)/t77?,78?,79-,80-/m1/s1. The molecule has 6 atom stereocenters. The summed E-state index contributed by atoms with van der Waals surface area (Å²) in [7, 11) is -9.92. The van der Waals surface area contributed by atoms with Crippen molar-refractivity contribution in [1.82, 2.24) is 0 Å². The highest BCUT2D eigenvalue weighted by molar-refractivity contribution is 7.47. The number of carbonyl (C=O) groups is 4. The molecular weight excluding hydrogens is 1340 g/mol. The molecule has 0 amide bonds. The molecule has 4 unspecified atom stereocenters. The van der Waals surface area contributed by atoms with Crippen LogP contribution in [-0.2, 0) is 65.4 Å². The average molecular weight is 1510 g/mol. The summed E-state index contributed by atoms with van der Waals surface area (Å²) in [6.07, 6.45) is 61.2. The zero-order valence-corrected chi connectivity index (χ0v) is 69.7. The van der Waals surface area contributed by atoms with Gasteiger partial charge in [0.25, 0.3) is 0 Å². The predicted octanol–water partition coefficient (Wildman–Crippen LogP) is 25.2. The number of aliphatic hydroxyl groups is 1. The number of unbranched alkanes of at least 4 members (excludes halogenated alkanes) is 46. The summed E-state index contributed by atoms with van der Waals surface area (Å²) in [6.45, 7) is 14.3. The van der Waals surface area contributed by atoms with Crippen LogP contribution in [0.2, 0.25) is 0 Å². The van der Waals surface area contributed by atoms with Crippen LogP contribution in [0.4, 0.5) is 0 Å². The first-order chi connectivity index (χ1) is 49.6. The third-order valence-electron chi connectivity index (χ3n) is 19.9. The van der Waals surface area contributed by atoms with Crippen molar-refractivity contribution in [3.8, 4) is 0 Å². The molecule has 0 radical (unpaired) electrons. The maximum Gasteiger partial charge on any atom is 0.472 e. The Kier molecular flexibility index (Phi) is 71.5. The van der Waals surface area contributed by atoms with Crippen LogP contribution < -0.4 is 0 Å². The van der Waals surface area contributed by atoms with E-state index in [1.807, 2.05) is 0 Å². The van der Waals surface area contributed by atoms with E-state index in [9.17, 15) is 43.2 Å². The van der Waals surface area contributed by atoms with Gasteiger partial charge in [-0.05, 0) is 49.4 Å². The minimum atomic E-state index is -4.96. The van der Waals surface area contributed by atoms with E-state index < -0.39 is 97.5 Å². The van der Waals surface area contributed by atoms with E-state index in [0.29, 0.717) is 31.6 Å². The molecule has 0 spiro atoms. The Morgan fingerprint density at radius 3 is 0.689 bits per heavy atom. The molecule has 0 bridgehead atoms. The highest BCUT2D eigenvalue weighted by atomic mass is 31.2. The Hall–Kier alpha value is -1.94. The van der Waals surface area contributed by atoms with Crippen molar-refractivity contribution in [2.45, 2.75) is 453 Å². The number of phosphoric acid groups is 2. The Balaban J connectivity index is 5.18. The first kappa shape index (κ1) is 101. The summed E-state index contributed by atoms with van der Waals surface area (Å²) < 4.78 is 68.8. The number of carbonyl (C=O) groups excluding carboxylic acids is 4. The van der Waals surface area contributed by atoms with Gasteiger partial charge >= 0.3 is 39.5 Å². The van der Waals surface area contributed by atoms with Gasteiger partial charge in [0.15, 0.2) is 12.2 Å². The van der Waals surface area contributed by atoms with E-state index in [0.717, 1.165) is 114 Å². The van der Waals surface area contributed by atoms with Crippen LogP contribution in [0, 0.1) is 23.7 Å². The van der Waals surface area contributed by atoms with Gasteiger partial charge < -0.3 is 33.8 Å². The largest absolute Gasteiger partial charge is 0.472 e. The van der Waals surface area contributed by atoms with Gasteiger partial charge in [-0.3, -0.25) is 37.3 Å². The highest BCUT2D eigenvalue weighted by Gasteiger charge is 2.30.